The number of hydrogen-bond acceptors (Lipinski definition) is 3. The number of anilines is 1. The molecule has 0 spiro atoms. The lowest BCUT2D eigenvalue weighted by Crippen LogP contribution is -2.12. The lowest BCUT2D eigenvalue weighted by Gasteiger charge is -2.10. The van der Waals surface area contributed by atoms with E-state index in [1.165, 1.54) is 0 Å². The van der Waals surface area contributed by atoms with Crippen LogP contribution in [0.5, 0.6) is 0 Å². The Labute approximate surface area is 140 Å². The van der Waals surface area contributed by atoms with Gasteiger partial charge in [0.1, 0.15) is 0 Å². The van der Waals surface area contributed by atoms with Crippen molar-refractivity contribution in [2.45, 2.75) is 20.8 Å². The summed E-state index contributed by atoms with van der Waals surface area (Å²) in [6, 6.07) is 13.5. The maximum Gasteiger partial charge on any atom is 0.255 e. The maximum absolute atomic E-state index is 12.4. The molecule has 0 aliphatic rings. The number of aryl methyl sites for hydroxylation is 2. The van der Waals surface area contributed by atoms with Crippen LogP contribution in [-0.2, 0) is 0 Å². The molecule has 0 aliphatic carbocycles. The van der Waals surface area contributed by atoms with Gasteiger partial charge in [-0.05, 0) is 50.1 Å². The number of nitrogens with one attached hydrogen (secondary N) is 1. The van der Waals surface area contributed by atoms with Gasteiger partial charge in [-0.2, -0.15) is 0 Å². The molecule has 1 aromatic heterocycles. The van der Waals surface area contributed by atoms with Crippen LogP contribution in [-0.4, -0.2) is 10.9 Å². The summed E-state index contributed by atoms with van der Waals surface area (Å²) in [7, 11) is 0. The fraction of sp³-hybridized carbons (Fsp3) is 0.158. The zero-order valence-electron chi connectivity index (χ0n) is 13.4. The van der Waals surface area contributed by atoms with Crippen LogP contribution >= 0.6 is 11.3 Å². The van der Waals surface area contributed by atoms with Crippen molar-refractivity contribution in [1.29, 1.82) is 0 Å². The summed E-state index contributed by atoms with van der Waals surface area (Å²) in [5.74, 6) is -0.0975. The normalized spacial score (nSPS) is 10.6. The van der Waals surface area contributed by atoms with Gasteiger partial charge in [0.15, 0.2) is 0 Å². The summed E-state index contributed by atoms with van der Waals surface area (Å²) in [5.41, 5.74) is 5.73. The molecule has 0 bridgehead atoms. The van der Waals surface area contributed by atoms with Crippen molar-refractivity contribution < 1.29 is 4.79 Å². The van der Waals surface area contributed by atoms with Crippen molar-refractivity contribution in [2.75, 3.05) is 5.32 Å². The average Bonchev–Trinajstić information content (AvgIpc) is 2.98. The summed E-state index contributed by atoms with van der Waals surface area (Å²) >= 11 is 1.62. The number of benzene rings is 2. The third kappa shape index (κ3) is 3.32. The van der Waals surface area contributed by atoms with Crippen molar-refractivity contribution in [1.82, 2.24) is 4.98 Å². The Morgan fingerprint density at radius 1 is 1.04 bits per heavy atom. The van der Waals surface area contributed by atoms with Gasteiger partial charge in [0.25, 0.3) is 5.91 Å². The molecule has 3 nitrogen and oxygen atoms in total. The molecule has 1 amide bonds. The van der Waals surface area contributed by atoms with E-state index in [4.69, 9.17) is 0 Å². The van der Waals surface area contributed by atoms with Gasteiger partial charge in [-0.1, -0.05) is 24.3 Å². The lowest BCUT2D eigenvalue weighted by molar-refractivity contribution is 0.102. The molecule has 0 fully saturated rings. The number of thiazole rings is 1. The second-order valence-corrected chi connectivity index (χ2v) is 6.59. The van der Waals surface area contributed by atoms with Gasteiger partial charge >= 0.3 is 0 Å². The summed E-state index contributed by atoms with van der Waals surface area (Å²) in [5, 5.41) is 6.05. The predicted molar refractivity (Wildman–Crippen MR) is 96.2 cm³/mol. The highest BCUT2D eigenvalue weighted by Gasteiger charge is 2.09. The summed E-state index contributed by atoms with van der Waals surface area (Å²) in [4.78, 5) is 16.9. The van der Waals surface area contributed by atoms with Gasteiger partial charge in [-0.25, -0.2) is 4.98 Å². The summed E-state index contributed by atoms with van der Waals surface area (Å²) in [6.07, 6.45) is 0. The Balaban J connectivity index is 1.79. The molecule has 0 saturated carbocycles. The number of aromatic nitrogens is 1. The monoisotopic (exact) mass is 322 g/mol. The number of carbonyl (C=O) groups is 1. The molecule has 0 aliphatic heterocycles. The maximum atomic E-state index is 12.4. The van der Waals surface area contributed by atoms with Crippen LogP contribution in [0.15, 0.2) is 47.8 Å². The highest BCUT2D eigenvalue weighted by atomic mass is 32.1. The van der Waals surface area contributed by atoms with Crippen molar-refractivity contribution in [3.63, 3.8) is 0 Å². The van der Waals surface area contributed by atoms with E-state index < -0.39 is 0 Å². The molecule has 23 heavy (non-hydrogen) atoms. The molecule has 0 radical (unpaired) electrons. The number of amides is 1. The molecule has 3 aromatic rings. The summed E-state index contributed by atoms with van der Waals surface area (Å²) in [6.45, 7) is 6.04. The third-order valence-corrected chi connectivity index (χ3v) is 4.69. The molecule has 0 atom stereocenters. The van der Waals surface area contributed by atoms with Crippen molar-refractivity contribution in [3.8, 4) is 11.3 Å². The molecule has 4 heteroatoms. The molecule has 1 heterocycles. The number of carbonyl (C=O) groups excluding carboxylic acids is 1. The second-order valence-electron chi connectivity index (χ2n) is 5.53. The molecule has 2 aromatic carbocycles. The minimum atomic E-state index is -0.0975. The number of nitrogens with zero attached hydrogens (tertiary/aromatic N) is 1. The number of hydrogen-bond donors (Lipinski definition) is 1. The Kier molecular flexibility index (Phi) is 4.26. The van der Waals surface area contributed by atoms with Crippen molar-refractivity contribution >= 4 is 22.9 Å². The Bertz CT molecular complexity index is 850. The van der Waals surface area contributed by atoms with E-state index >= 15 is 0 Å². The largest absolute Gasteiger partial charge is 0.322 e. The average molecular weight is 322 g/mol. The zero-order valence-corrected chi connectivity index (χ0v) is 14.2. The molecule has 0 saturated heterocycles. The van der Waals surface area contributed by atoms with Gasteiger partial charge in [0.05, 0.1) is 10.7 Å². The van der Waals surface area contributed by atoms with E-state index in [9.17, 15) is 4.79 Å². The van der Waals surface area contributed by atoms with Crippen LogP contribution < -0.4 is 5.32 Å². The molecule has 1 N–H and O–H groups in total. The SMILES string of the molecule is Cc1nc(-c2ccc(C(=O)Nc3cccc(C)c3C)cc2)cs1. The standard InChI is InChI=1S/C19H18N2OS/c1-12-5-4-6-17(13(12)2)21-19(22)16-9-7-15(8-10-16)18-11-23-14(3)20-18/h4-11H,1-3H3,(H,21,22). The lowest BCUT2D eigenvalue weighted by atomic mass is 10.1. The van der Waals surface area contributed by atoms with E-state index in [1.54, 1.807) is 11.3 Å². The van der Waals surface area contributed by atoms with Gasteiger partial charge in [0, 0.05) is 22.2 Å². The van der Waals surface area contributed by atoms with Crippen LogP contribution in [0.2, 0.25) is 0 Å². The van der Waals surface area contributed by atoms with Crippen molar-refractivity contribution in [3.05, 3.63) is 69.5 Å². The molecule has 3 rings (SSSR count). The molecular formula is C19H18N2OS. The topological polar surface area (TPSA) is 42.0 Å². The van der Waals surface area contributed by atoms with Crippen LogP contribution in [0.3, 0.4) is 0 Å². The Hall–Kier alpha value is -2.46. The summed E-state index contributed by atoms with van der Waals surface area (Å²) < 4.78 is 0. The van der Waals surface area contributed by atoms with E-state index in [2.05, 4.69) is 10.3 Å². The van der Waals surface area contributed by atoms with Crippen LogP contribution in [0.4, 0.5) is 5.69 Å². The van der Waals surface area contributed by atoms with Gasteiger partial charge in [-0.3, -0.25) is 4.79 Å². The first-order chi connectivity index (χ1) is 11.0. The van der Waals surface area contributed by atoms with E-state index in [1.807, 2.05) is 68.6 Å². The van der Waals surface area contributed by atoms with Gasteiger partial charge in [0.2, 0.25) is 0 Å². The number of rotatable bonds is 3. The highest BCUT2D eigenvalue weighted by Crippen LogP contribution is 2.23. The first-order valence-corrected chi connectivity index (χ1v) is 8.32. The Morgan fingerprint density at radius 2 is 1.78 bits per heavy atom. The second kappa shape index (κ2) is 6.34. The van der Waals surface area contributed by atoms with Gasteiger partial charge < -0.3 is 5.32 Å². The first-order valence-electron chi connectivity index (χ1n) is 7.45. The third-order valence-electron chi connectivity index (χ3n) is 3.91. The fourth-order valence-corrected chi connectivity index (χ4v) is 2.99. The quantitative estimate of drug-likeness (QED) is 0.738. The van der Waals surface area contributed by atoms with Gasteiger partial charge in [-0.15, -0.1) is 11.3 Å². The Morgan fingerprint density at radius 3 is 2.43 bits per heavy atom. The van der Waals surface area contributed by atoms with Crippen LogP contribution in [0, 0.1) is 20.8 Å². The molecular weight excluding hydrogens is 304 g/mol. The van der Waals surface area contributed by atoms with Crippen LogP contribution in [0.1, 0.15) is 26.5 Å². The van der Waals surface area contributed by atoms with Crippen molar-refractivity contribution in [2.24, 2.45) is 0 Å². The zero-order chi connectivity index (χ0) is 16.4. The molecule has 116 valence electrons. The predicted octanol–water partition coefficient (Wildman–Crippen LogP) is 4.99. The highest BCUT2D eigenvalue weighted by molar-refractivity contribution is 7.09. The van der Waals surface area contributed by atoms with Crippen LogP contribution in [0.25, 0.3) is 11.3 Å². The first kappa shape index (κ1) is 15.4. The minimum absolute atomic E-state index is 0.0975. The van der Waals surface area contributed by atoms with E-state index in [0.717, 1.165) is 33.1 Å². The smallest absolute Gasteiger partial charge is 0.255 e. The van der Waals surface area contributed by atoms with E-state index in [0.29, 0.717) is 5.56 Å². The van der Waals surface area contributed by atoms with E-state index in [-0.39, 0.29) is 5.91 Å². The fourth-order valence-electron chi connectivity index (χ4n) is 2.37. The molecule has 0 unspecified atom stereocenters. The minimum Gasteiger partial charge on any atom is -0.322 e.